The van der Waals surface area contributed by atoms with Crippen molar-refractivity contribution < 1.29 is 4.74 Å². The van der Waals surface area contributed by atoms with E-state index in [4.69, 9.17) is 4.74 Å². The predicted octanol–water partition coefficient (Wildman–Crippen LogP) is 6.74. The third kappa shape index (κ3) is 6.78. The molecule has 0 spiro atoms. The molecule has 1 fully saturated rings. The van der Waals surface area contributed by atoms with Gasteiger partial charge >= 0.3 is 0 Å². The maximum Gasteiger partial charge on any atom is 0.159 e. The summed E-state index contributed by atoms with van der Waals surface area (Å²) in [7, 11) is 1.75. The molecule has 3 nitrogen and oxygen atoms in total. The summed E-state index contributed by atoms with van der Waals surface area (Å²) in [5.41, 5.74) is 3.82. The van der Waals surface area contributed by atoms with Crippen LogP contribution in [0.4, 0.5) is 0 Å². The number of aromatic nitrogens is 2. The van der Waals surface area contributed by atoms with E-state index in [0.717, 1.165) is 30.3 Å². The summed E-state index contributed by atoms with van der Waals surface area (Å²) in [5, 5.41) is 0. The molecule has 1 saturated carbocycles. The minimum Gasteiger partial charge on any atom is -0.381 e. The number of allylic oxidation sites excluding steroid dienone is 1. The van der Waals surface area contributed by atoms with Crippen molar-refractivity contribution in [2.45, 2.75) is 70.6 Å². The SMILES string of the molecule is CCCCCCc1cnc(-c2ccc([C@H]3CC[C@H](/C=C/COC)CC3)cc2)nc1. The van der Waals surface area contributed by atoms with E-state index in [1.807, 2.05) is 12.4 Å². The summed E-state index contributed by atoms with van der Waals surface area (Å²) in [4.78, 5) is 9.21. The Hall–Kier alpha value is -2.00. The molecule has 0 atom stereocenters. The average Bonchev–Trinajstić information content (AvgIpc) is 2.78. The molecule has 1 aliphatic carbocycles. The second-order valence-electron chi connectivity index (χ2n) is 8.34. The molecular weight excluding hydrogens is 356 g/mol. The van der Waals surface area contributed by atoms with Crippen molar-refractivity contribution in [3.05, 3.63) is 59.9 Å². The Morgan fingerprint density at radius 3 is 2.34 bits per heavy atom. The third-order valence-electron chi connectivity index (χ3n) is 6.11. The van der Waals surface area contributed by atoms with E-state index in [1.54, 1.807) is 7.11 Å². The molecule has 1 aliphatic rings. The van der Waals surface area contributed by atoms with E-state index >= 15 is 0 Å². The van der Waals surface area contributed by atoms with Crippen molar-refractivity contribution in [1.29, 1.82) is 0 Å². The fourth-order valence-electron chi connectivity index (χ4n) is 4.28. The highest BCUT2D eigenvalue weighted by Crippen LogP contribution is 2.36. The number of nitrogens with zero attached hydrogens (tertiary/aromatic N) is 2. The van der Waals surface area contributed by atoms with E-state index in [9.17, 15) is 0 Å². The Bertz CT molecular complexity index is 728. The van der Waals surface area contributed by atoms with Crippen molar-refractivity contribution in [3.63, 3.8) is 0 Å². The molecule has 3 heteroatoms. The lowest BCUT2D eigenvalue weighted by Crippen LogP contribution is -2.11. The Kier molecular flexibility index (Phi) is 8.88. The van der Waals surface area contributed by atoms with Crippen LogP contribution in [0.1, 0.15) is 75.3 Å². The molecule has 0 saturated heterocycles. The lowest BCUT2D eigenvalue weighted by molar-refractivity contribution is 0.233. The molecule has 3 rings (SSSR count). The van der Waals surface area contributed by atoms with Crippen molar-refractivity contribution in [3.8, 4) is 11.4 Å². The number of aryl methyl sites for hydroxylation is 1. The zero-order valence-corrected chi connectivity index (χ0v) is 18.1. The average molecular weight is 393 g/mol. The highest BCUT2D eigenvalue weighted by atomic mass is 16.5. The van der Waals surface area contributed by atoms with Crippen LogP contribution < -0.4 is 0 Å². The van der Waals surface area contributed by atoms with E-state index in [2.05, 4.69) is 53.3 Å². The number of rotatable bonds is 10. The fourth-order valence-corrected chi connectivity index (χ4v) is 4.28. The maximum atomic E-state index is 5.11. The van der Waals surface area contributed by atoms with Crippen LogP contribution >= 0.6 is 0 Å². The first-order chi connectivity index (χ1) is 14.3. The summed E-state index contributed by atoms with van der Waals surface area (Å²) in [6.07, 6.45) is 19.8. The first-order valence-corrected chi connectivity index (χ1v) is 11.4. The number of ether oxygens (including phenoxy) is 1. The Balaban J connectivity index is 1.51. The topological polar surface area (TPSA) is 35.0 Å². The Morgan fingerprint density at radius 2 is 1.69 bits per heavy atom. The van der Waals surface area contributed by atoms with Crippen LogP contribution in [0.2, 0.25) is 0 Å². The molecule has 0 unspecified atom stereocenters. The second-order valence-corrected chi connectivity index (χ2v) is 8.34. The molecule has 0 aliphatic heterocycles. The largest absolute Gasteiger partial charge is 0.381 e. The molecule has 0 amide bonds. The number of hydrogen-bond donors (Lipinski definition) is 0. The summed E-state index contributed by atoms with van der Waals surface area (Å²) in [5.74, 6) is 2.23. The smallest absolute Gasteiger partial charge is 0.159 e. The van der Waals surface area contributed by atoms with Crippen molar-refractivity contribution in [1.82, 2.24) is 9.97 Å². The van der Waals surface area contributed by atoms with Gasteiger partial charge in [0.15, 0.2) is 5.82 Å². The quantitative estimate of drug-likeness (QED) is 0.331. The zero-order valence-electron chi connectivity index (χ0n) is 18.1. The molecule has 1 heterocycles. The van der Waals surface area contributed by atoms with Gasteiger partial charge in [0.05, 0.1) is 6.61 Å². The maximum absolute atomic E-state index is 5.11. The minimum absolute atomic E-state index is 0.683. The fraction of sp³-hybridized carbons (Fsp3) is 0.538. The van der Waals surface area contributed by atoms with Crippen LogP contribution in [0.15, 0.2) is 48.8 Å². The van der Waals surface area contributed by atoms with Crippen molar-refractivity contribution in [2.24, 2.45) is 5.92 Å². The molecule has 1 aromatic carbocycles. The van der Waals surface area contributed by atoms with Crippen LogP contribution in [0.25, 0.3) is 11.4 Å². The second kappa shape index (κ2) is 11.9. The summed E-state index contributed by atoms with van der Waals surface area (Å²) < 4.78 is 5.11. The minimum atomic E-state index is 0.683. The monoisotopic (exact) mass is 392 g/mol. The Labute approximate surface area is 176 Å². The first-order valence-electron chi connectivity index (χ1n) is 11.4. The summed E-state index contributed by atoms with van der Waals surface area (Å²) in [6.45, 7) is 2.97. The third-order valence-corrected chi connectivity index (χ3v) is 6.11. The number of hydrogen-bond acceptors (Lipinski definition) is 3. The lowest BCUT2D eigenvalue weighted by Gasteiger charge is -2.27. The number of unbranched alkanes of at least 4 members (excludes halogenated alkanes) is 3. The van der Waals surface area contributed by atoms with Crippen LogP contribution in [0.3, 0.4) is 0 Å². The summed E-state index contributed by atoms with van der Waals surface area (Å²) >= 11 is 0. The van der Waals surface area contributed by atoms with Gasteiger partial charge in [-0.3, -0.25) is 0 Å². The molecular formula is C26H36N2O. The van der Waals surface area contributed by atoms with Gasteiger partial charge in [0.2, 0.25) is 0 Å². The number of methoxy groups -OCH3 is 1. The molecule has 2 aromatic rings. The highest BCUT2D eigenvalue weighted by Gasteiger charge is 2.20. The van der Waals surface area contributed by atoms with Gasteiger partial charge in [0.1, 0.15) is 0 Å². The van der Waals surface area contributed by atoms with Gasteiger partial charge in [0.25, 0.3) is 0 Å². The van der Waals surface area contributed by atoms with Gasteiger partial charge < -0.3 is 4.74 Å². The van der Waals surface area contributed by atoms with Crippen molar-refractivity contribution >= 4 is 0 Å². The van der Waals surface area contributed by atoms with Gasteiger partial charge in [-0.15, -0.1) is 0 Å². The van der Waals surface area contributed by atoms with Gasteiger partial charge in [-0.25, -0.2) is 9.97 Å². The lowest BCUT2D eigenvalue weighted by atomic mass is 9.78. The molecule has 29 heavy (non-hydrogen) atoms. The van der Waals surface area contributed by atoms with Gasteiger partial charge in [-0.2, -0.15) is 0 Å². The van der Waals surface area contributed by atoms with Crippen LogP contribution in [-0.4, -0.2) is 23.7 Å². The van der Waals surface area contributed by atoms with Gasteiger partial charge in [-0.05, 0) is 61.5 Å². The van der Waals surface area contributed by atoms with E-state index in [0.29, 0.717) is 5.92 Å². The summed E-state index contributed by atoms with van der Waals surface area (Å²) in [6, 6.07) is 8.94. The highest BCUT2D eigenvalue weighted by molar-refractivity contribution is 5.55. The predicted molar refractivity (Wildman–Crippen MR) is 121 cm³/mol. The molecule has 0 N–H and O–H groups in total. The van der Waals surface area contributed by atoms with Crippen LogP contribution in [-0.2, 0) is 11.2 Å². The van der Waals surface area contributed by atoms with Crippen LogP contribution in [0, 0.1) is 5.92 Å². The normalized spacial score (nSPS) is 19.7. The number of benzene rings is 1. The van der Waals surface area contributed by atoms with E-state index in [1.165, 1.54) is 62.5 Å². The standard InChI is InChI=1S/C26H36N2O/c1-3-4-5-6-8-22-19-27-26(28-20-22)25-16-14-24(15-17-25)23-12-10-21(11-13-23)9-7-18-29-2/h7,9,14-17,19-21,23H,3-6,8,10-13,18H2,1-2H3/b9-7+/t21-,23-. The van der Waals surface area contributed by atoms with Gasteiger partial charge in [-0.1, -0.05) is 62.6 Å². The molecule has 0 bridgehead atoms. The van der Waals surface area contributed by atoms with Crippen molar-refractivity contribution in [2.75, 3.05) is 13.7 Å². The van der Waals surface area contributed by atoms with Crippen LogP contribution in [0.5, 0.6) is 0 Å². The zero-order chi connectivity index (χ0) is 20.3. The van der Waals surface area contributed by atoms with Gasteiger partial charge in [0, 0.05) is 25.1 Å². The Morgan fingerprint density at radius 1 is 0.966 bits per heavy atom. The molecule has 1 aromatic heterocycles. The van der Waals surface area contributed by atoms with E-state index < -0.39 is 0 Å². The first kappa shape index (κ1) is 21.7. The molecule has 0 radical (unpaired) electrons. The van der Waals surface area contributed by atoms with E-state index in [-0.39, 0.29) is 0 Å². The molecule has 156 valence electrons.